The van der Waals surface area contributed by atoms with Crippen molar-refractivity contribution in [3.63, 3.8) is 0 Å². The summed E-state index contributed by atoms with van der Waals surface area (Å²) in [4.78, 5) is 12.2. The number of nitrogens with one attached hydrogen (secondary N) is 1. The Hall–Kier alpha value is -2.02. The smallest absolute Gasteiger partial charge is 0.233 e. The molecule has 0 aliphatic carbocycles. The number of hydrogen-bond donors (Lipinski definition) is 1. The highest BCUT2D eigenvalue weighted by Crippen LogP contribution is 2.31. The van der Waals surface area contributed by atoms with Gasteiger partial charge in [0.1, 0.15) is 5.76 Å². The standard InChI is InChI=1S/C16H20N4O2S/c1-3-9-20-14(12-7-10-22-11(12)2)18-19-16(20)23-13-6-4-5-8-17-15(13)21/h3,7,10,13H,1,4-6,8-9H2,2H3,(H,17,21)/t13-/m1/s1. The van der Waals surface area contributed by atoms with Crippen molar-refractivity contribution in [1.29, 1.82) is 0 Å². The van der Waals surface area contributed by atoms with Crippen LogP contribution in [0.3, 0.4) is 0 Å². The van der Waals surface area contributed by atoms with Gasteiger partial charge in [-0.15, -0.1) is 16.8 Å². The monoisotopic (exact) mass is 332 g/mol. The molecule has 1 atom stereocenters. The van der Waals surface area contributed by atoms with E-state index in [4.69, 9.17) is 4.42 Å². The van der Waals surface area contributed by atoms with Gasteiger partial charge in [0, 0.05) is 13.1 Å². The van der Waals surface area contributed by atoms with Gasteiger partial charge in [0.2, 0.25) is 5.91 Å². The lowest BCUT2D eigenvalue weighted by molar-refractivity contribution is -0.120. The highest BCUT2D eigenvalue weighted by molar-refractivity contribution is 8.00. The first kappa shape index (κ1) is 15.9. The summed E-state index contributed by atoms with van der Waals surface area (Å²) in [6, 6.07) is 1.88. The van der Waals surface area contributed by atoms with Crippen molar-refractivity contribution in [3.8, 4) is 11.4 Å². The van der Waals surface area contributed by atoms with E-state index in [0.717, 1.165) is 48.1 Å². The lowest BCUT2D eigenvalue weighted by Gasteiger charge is -2.13. The predicted octanol–water partition coefficient (Wildman–Crippen LogP) is 2.79. The minimum absolute atomic E-state index is 0.0849. The molecule has 2 aromatic rings. The van der Waals surface area contributed by atoms with Crippen LogP contribution in [0, 0.1) is 6.92 Å². The largest absolute Gasteiger partial charge is 0.469 e. The summed E-state index contributed by atoms with van der Waals surface area (Å²) in [5, 5.41) is 12.2. The van der Waals surface area contributed by atoms with Crippen LogP contribution in [-0.2, 0) is 11.3 Å². The third kappa shape index (κ3) is 3.34. The molecular weight excluding hydrogens is 312 g/mol. The number of furan rings is 1. The van der Waals surface area contributed by atoms with Crippen LogP contribution in [0.2, 0.25) is 0 Å². The normalized spacial score (nSPS) is 18.5. The Labute approximate surface area is 139 Å². The first-order chi connectivity index (χ1) is 11.2. The molecule has 23 heavy (non-hydrogen) atoms. The first-order valence-corrected chi connectivity index (χ1v) is 8.61. The Morgan fingerprint density at radius 1 is 1.52 bits per heavy atom. The third-order valence-electron chi connectivity index (χ3n) is 3.86. The van der Waals surface area contributed by atoms with Crippen molar-refractivity contribution < 1.29 is 9.21 Å². The molecule has 6 nitrogen and oxygen atoms in total. The summed E-state index contributed by atoms with van der Waals surface area (Å²) in [6.07, 6.45) is 6.38. The van der Waals surface area contributed by atoms with Crippen LogP contribution < -0.4 is 5.32 Å². The molecule has 1 aliphatic heterocycles. The molecule has 1 aliphatic rings. The maximum absolute atomic E-state index is 12.2. The topological polar surface area (TPSA) is 73.0 Å². The minimum Gasteiger partial charge on any atom is -0.469 e. The molecule has 0 unspecified atom stereocenters. The van der Waals surface area contributed by atoms with Crippen LogP contribution in [0.4, 0.5) is 0 Å². The van der Waals surface area contributed by atoms with E-state index in [1.165, 1.54) is 11.8 Å². The number of aryl methyl sites for hydroxylation is 1. The molecule has 1 saturated heterocycles. The minimum atomic E-state index is -0.122. The third-order valence-corrected chi connectivity index (χ3v) is 5.11. The van der Waals surface area contributed by atoms with Crippen molar-refractivity contribution in [2.75, 3.05) is 6.54 Å². The molecule has 3 heterocycles. The Balaban J connectivity index is 1.90. The van der Waals surface area contributed by atoms with E-state index < -0.39 is 0 Å². The first-order valence-electron chi connectivity index (χ1n) is 7.73. The zero-order valence-corrected chi connectivity index (χ0v) is 13.9. The fraction of sp³-hybridized carbons (Fsp3) is 0.438. The molecule has 1 amide bonds. The second-order valence-corrected chi connectivity index (χ2v) is 6.66. The van der Waals surface area contributed by atoms with Gasteiger partial charge in [-0.1, -0.05) is 24.3 Å². The summed E-state index contributed by atoms with van der Waals surface area (Å²) in [7, 11) is 0. The fourth-order valence-electron chi connectivity index (χ4n) is 2.64. The fourth-order valence-corrected chi connectivity index (χ4v) is 3.74. The lowest BCUT2D eigenvalue weighted by Crippen LogP contribution is -2.30. The van der Waals surface area contributed by atoms with Gasteiger partial charge in [0.05, 0.1) is 17.1 Å². The number of carbonyl (C=O) groups excluding carboxylic acids is 1. The Bertz CT molecular complexity index is 707. The number of hydrogen-bond acceptors (Lipinski definition) is 5. The summed E-state index contributed by atoms with van der Waals surface area (Å²) in [5.41, 5.74) is 0.913. The lowest BCUT2D eigenvalue weighted by atomic mass is 10.2. The van der Waals surface area contributed by atoms with E-state index in [-0.39, 0.29) is 11.2 Å². The van der Waals surface area contributed by atoms with Crippen molar-refractivity contribution >= 4 is 17.7 Å². The van der Waals surface area contributed by atoms with Crippen molar-refractivity contribution in [3.05, 3.63) is 30.7 Å². The molecule has 0 radical (unpaired) electrons. The number of nitrogens with zero attached hydrogens (tertiary/aromatic N) is 3. The van der Waals surface area contributed by atoms with E-state index >= 15 is 0 Å². The van der Waals surface area contributed by atoms with E-state index in [0.29, 0.717) is 6.54 Å². The average molecular weight is 332 g/mol. The molecular formula is C16H20N4O2S. The highest BCUT2D eigenvalue weighted by Gasteiger charge is 2.25. The van der Waals surface area contributed by atoms with Crippen LogP contribution in [0.1, 0.15) is 25.0 Å². The predicted molar refractivity (Wildman–Crippen MR) is 89.2 cm³/mol. The number of amides is 1. The van der Waals surface area contributed by atoms with E-state index in [9.17, 15) is 4.79 Å². The average Bonchev–Trinajstić information content (AvgIpc) is 3.06. The second-order valence-electron chi connectivity index (χ2n) is 5.49. The Kier molecular flexibility index (Phi) is 4.85. The van der Waals surface area contributed by atoms with Gasteiger partial charge in [-0.2, -0.15) is 0 Å². The molecule has 7 heteroatoms. The van der Waals surface area contributed by atoms with Gasteiger partial charge in [-0.25, -0.2) is 0 Å². The zero-order chi connectivity index (χ0) is 16.2. The quantitative estimate of drug-likeness (QED) is 0.852. The zero-order valence-electron chi connectivity index (χ0n) is 13.1. The number of rotatable bonds is 5. The Morgan fingerprint density at radius 2 is 2.39 bits per heavy atom. The van der Waals surface area contributed by atoms with Crippen LogP contribution in [0.25, 0.3) is 11.4 Å². The van der Waals surface area contributed by atoms with Gasteiger partial charge in [0.15, 0.2) is 11.0 Å². The number of allylic oxidation sites excluding steroid dienone is 1. The summed E-state index contributed by atoms with van der Waals surface area (Å²) < 4.78 is 7.35. The van der Waals surface area contributed by atoms with Crippen LogP contribution in [0.5, 0.6) is 0 Å². The van der Waals surface area contributed by atoms with Crippen molar-refractivity contribution in [2.24, 2.45) is 0 Å². The van der Waals surface area contributed by atoms with Crippen molar-refractivity contribution in [2.45, 2.75) is 43.1 Å². The van der Waals surface area contributed by atoms with Gasteiger partial charge in [0.25, 0.3) is 0 Å². The molecule has 0 bridgehead atoms. The summed E-state index contributed by atoms with van der Waals surface area (Å²) in [5.74, 6) is 1.63. The van der Waals surface area contributed by atoms with E-state index in [1.54, 1.807) is 12.3 Å². The summed E-state index contributed by atoms with van der Waals surface area (Å²) in [6.45, 7) is 7.05. The van der Waals surface area contributed by atoms with Crippen molar-refractivity contribution in [1.82, 2.24) is 20.1 Å². The number of aromatic nitrogens is 3. The molecule has 122 valence electrons. The molecule has 2 aromatic heterocycles. The summed E-state index contributed by atoms with van der Waals surface area (Å²) >= 11 is 1.48. The van der Waals surface area contributed by atoms with Gasteiger partial charge < -0.3 is 9.73 Å². The molecule has 0 saturated carbocycles. The highest BCUT2D eigenvalue weighted by atomic mass is 32.2. The number of carbonyl (C=O) groups is 1. The maximum Gasteiger partial charge on any atom is 0.233 e. The Morgan fingerprint density at radius 3 is 3.13 bits per heavy atom. The SMILES string of the molecule is C=CCn1c(S[C@@H]2CCCCNC2=O)nnc1-c1ccoc1C. The molecule has 0 aromatic carbocycles. The van der Waals surface area contributed by atoms with Gasteiger partial charge >= 0.3 is 0 Å². The maximum atomic E-state index is 12.2. The molecule has 1 N–H and O–H groups in total. The van der Waals surface area contributed by atoms with E-state index in [2.05, 4.69) is 22.1 Å². The second kappa shape index (κ2) is 7.04. The molecule has 0 spiro atoms. The van der Waals surface area contributed by atoms with E-state index in [1.807, 2.05) is 17.6 Å². The molecule has 1 fully saturated rings. The number of thioether (sulfide) groups is 1. The van der Waals surface area contributed by atoms with Crippen LogP contribution in [-0.4, -0.2) is 32.5 Å². The van der Waals surface area contributed by atoms with Crippen LogP contribution >= 0.6 is 11.8 Å². The van der Waals surface area contributed by atoms with Gasteiger partial charge in [-0.05, 0) is 25.8 Å². The molecule has 3 rings (SSSR count). The van der Waals surface area contributed by atoms with Gasteiger partial charge in [-0.3, -0.25) is 9.36 Å². The van der Waals surface area contributed by atoms with Crippen LogP contribution in [0.15, 0.2) is 34.6 Å².